The van der Waals surface area contributed by atoms with Crippen molar-refractivity contribution in [2.24, 2.45) is 0 Å². The third-order valence-electron chi connectivity index (χ3n) is 1.44. The van der Waals surface area contributed by atoms with Crippen molar-refractivity contribution in [2.75, 3.05) is 13.1 Å². The summed E-state index contributed by atoms with van der Waals surface area (Å²) in [4.78, 5) is 12.6. The van der Waals surface area contributed by atoms with E-state index in [0.717, 1.165) is 4.90 Å². The highest BCUT2D eigenvalue weighted by molar-refractivity contribution is 5.92. The fourth-order valence-electron chi connectivity index (χ4n) is 0.837. The van der Waals surface area contributed by atoms with E-state index in [1.807, 2.05) is 0 Å². The number of hydrogen-bond acceptors (Lipinski definition) is 5. The van der Waals surface area contributed by atoms with E-state index in [-0.39, 0.29) is 18.8 Å². The quantitative estimate of drug-likeness (QED) is 0.633. The molecule has 0 aliphatic heterocycles. The van der Waals surface area contributed by atoms with Gasteiger partial charge in [-0.05, 0) is 0 Å². The van der Waals surface area contributed by atoms with Crippen molar-refractivity contribution in [1.82, 2.24) is 20.3 Å². The van der Waals surface area contributed by atoms with Gasteiger partial charge in [0.15, 0.2) is 5.69 Å². The van der Waals surface area contributed by atoms with Crippen LogP contribution in [0.15, 0.2) is 6.20 Å². The molecule has 7 heteroatoms. The summed E-state index contributed by atoms with van der Waals surface area (Å²) in [6.45, 7) is -0.279. The zero-order valence-corrected chi connectivity index (χ0v) is 7.14. The third-order valence-corrected chi connectivity index (χ3v) is 1.44. The Balaban J connectivity index is 2.76. The summed E-state index contributed by atoms with van der Waals surface area (Å²) < 4.78 is 0. The molecular formula is C7H6N6O. The van der Waals surface area contributed by atoms with Crippen LogP contribution in [0, 0.1) is 22.7 Å². The van der Waals surface area contributed by atoms with Crippen LogP contribution in [0.3, 0.4) is 0 Å². The Hall–Kier alpha value is -2.41. The topological polar surface area (TPSA) is 109 Å². The van der Waals surface area contributed by atoms with Gasteiger partial charge in [-0.1, -0.05) is 0 Å². The number of carbonyl (C=O) groups is 1. The number of carbonyl (C=O) groups excluding carboxylic acids is 1. The Morgan fingerprint density at radius 3 is 2.57 bits per heavy atom. The lowest BCUT2D eigenvalue weighted by Gasteiger charge is -2.12. The smallest absolute Gasteiger partial charge is 0.277 e. The number of aromatic amines is 1. The molecule has 0 bridgehead atoms. The van der Waals surface area contributed by atoms with Crippen molar-refractivity contribution in [3.8, 4) is 12.1 Å². The van der Waals surface area contributed by atoms with Gasteiger partial charge in [0.1, 0.15) is 13.1 Å². The van der Waals surface area contributed by atoms with E-state index in [1.165, 1.54) is 6.20 Å². The number of nitrogens with one attached hydrogen (secondary N) is 1. The molecule has 1 heterocycles. The molecule has 0 aliphatic rings. The van der Waals surface area contributed by atoms with Gasteiger partial charge in [0.25, 0.3) is 5.91 Å². The average molecular weight is 190 g/mol. The van der Waals surface area contributed by atoms with Crippen molar-refractivity contribution in [2.45, 2.75) is 0 Å². The van der Waals surface area contributed by atoms with E-state index in [0.29, 0.717) is 0 Å². The second-order valence-corrected chi connectivity index (χ2v) is 2.33. The largest absolute Gasteiger partial charge is 0.311 e. The normalized spacial score (nSPS) is 8.71. The summed E-state index contributed by atoms with van der Waals surface area (Å²) in [5.41, 5.74) is 0.0931. The molecule has 1 N–H and O–H groups in total. The van der Waals surface area contributed by atoms with Gasteiger partial charge in [0.2, 0.25) is 0 Å². The SMILES string of the molecule is N#CCN(CC#N)C(=O)c1cn[nH]n1. The first kappa shape index (κ1) is 9.68. The average Bonchev–Trinajstić information content (AvgIpc) is 2.69. The van der Waals surface area contributed by atoms with Crippen LogP contribution in [0.4, 0.5) is 0 Å². The Labute approximate surface area is 79.5 Å². The highest BCUT2D eigenvalue weighted by Gasteiger charge is 2.17. The lowest BCUT2D eigenvalue weighted by atomic mass is 10.4. The number of rotatable bonds is 3. The van der Waals surface area contributed by atoms with Crippen molar-refractivity contribution < 1.29 is 4.79 Å². The van der Waals surface area contributed by atoms with Gasteiger partial charge in [-0.15, -0.1) is 0 Å². The number of H-pyrrole nitrogens is 1. The van der Waals surface area contributed by atoms with Gasteiger partial charge >= 0.3 is 0 Å². The monoisotopic (exact) mass is 190 g/mol. The summed E-state index contributed by atoms with van der Waals surface area (Å²) in [5.74, 6) is -0.484. The van der Waals surface area contributed by atoms with E-state index >= 15 is 0 Å². The molecule has 0 spiro atoms. The molecule has 14 heavy (non-hydrogen) atoms. The second kappa shape index (κ2) is 4.58. The van der Waals surface area contributed by atoms with Crippen LogP contribution >= 0.6 is 0 Å². The van der Waals surface area contributed by atoms with Gasteiger partial charge in [-0.2, -0.15) is 25.9 Å². The zero-order chi connectivity index (χ0) is 10.4. The first-order chi connectivity index (χ1) is 6.79. The maximum absolute atomic E-state index is 11.5. The van der Waals surface area contributed by atoms with Crippen LogP contribution in [0.5, 0.6) is 0 Å². The fraction of sp³-hybridized carbons (Fsp3) is 0.286. The lowest BCUT2D eigenvalue weighted by Crippen LogP contribution is -2.32. The van der Waals surface area contributed by atoms with Crippen LogP contribution in [-0.2, 0) is 0 Å². The van der Waals surface area contributed by atoms with E-state index in [2.05, 4.69) is 15.4 Å². The summed E-state index contributed by atoms with van der Waals surface area (Å²) in [6.07, 6.45) is 1.24. The first-order valence-electron chi connectivity index (χ1n) is 3.68. The van der Waals surface area contributed by atoms with Gasteiger partial charge in [0, 0.05) is 0 Å². The van der Waals surface area contributed by atoms with Crippen LogP contribution in [0.2, 0.25) is 0 Å². The molecular weight excluding hydrogens is 184 g/mol. The Morgan fingerprint density at radius 2 is 2.14 bits per heavy atom. The predicted molar refractivity (Wildman–Crippen MR) is 43.5 cm³/mol. The van der Waals surface area contributed by atoms with E-state index < -0.39 is 5.91 Å². The molecule has 0 fully saturated rings. The number of aromatic nitrogens is 3. The molecule has 0 aliphatic carbocycles. The summed E-state index contributed by atoms with van der Waals surface area (Å²) in [7, 11) is 0. The zero-order valence-electron chi connectivity index (χ0n) is 7.14. The Kier molecular flexibility index (Phi) is 3.16. The number of nitrogens with zero attached hydrogens (tertiary/aromatic N) is 5. The number of amides is 1. The molecule has 1 aromatic rings. The molecule has 1 amide bonds. The van der Waals surface area contributed by atoms with E-state index in [1.54, 1.807) is 12.1 Å². The van der Waals surface area contributed by atoms with Gasteiger partial charge < -0.3 is 4.90 Å². The Bertz CT molecular complexity index is 367. The molecule has 1 aromatic heterocycles. The van der Waals surface area contributed by atoms with Crippen molar-refractivity contribution in [3.63, 3.8) is 0 Å². The second-order valence-electron chi connectivity index (χ2n) is 2.33. The van der Waals surface area contributed by atoms with Crippen molar-refractivity contribution >= 4 is 5.91 Å². The minimum Gasteiger partial charge on any atom is -0.311 e. The molecule has 0 radical (unpaired) electrons. The number of nitriles is 2. The summed E-state index contributed by atoms with van der Waals surface area (Å²) in [5, 5.41) is 26.1. The molecule has 7 nitrogen and oxygen atoms in total. The first-order valence-corrected chi connectivity index (χ1v) is 3.68. The summed E-state index contributed by atoms with van der Waals surface area (Å²) in [6, 6.07) is 3.58. The van der Waals surface area contributed by atoms with Gasteiger partial charge in [-0.3, -0.25) is 4.79 Å². The van der Waals surface area contributed by atoms with E-state index in [4.69, 9.17) is 10.5 Å². The van der Waals surface area contributed by atoms with Gasteiger partial charge in [-0.25, -0.2) is 0 Å². The van der Waals surface area contributed by atoms with Crippen LogP contribution < -0.4 is 0 Å². The highest BCUT2D eigenvalue weighted by atomic mass is 16.2. The molecule has 70 valence electrons. The summed E-state index contributed by atoms with van der Waals surface area (Å²) >= 11 is 0. The maximum Gasteiger partial charge on any atom is 0.277 e. The molecule has 0 aromatic carbocycles. The van der Waals surface area contributed by atoms with Gasteiger partial charge in [0.05, 0.1) is 18.3 Å². The van der Waals surface area contributed by atoms with Crippen molar-refractivity contribution in [3.05, 3.63) is 11.9 Å². The molecule has 0 atom stereocenters. The van der Waals surface area contributed by atoms with E-state index in [9.17, 15) is 4.79 Å². The maximum atomic E-state index is 11.5. The molecule has 1 rings (SSSR count). The predicted octanol–water partition coefficient (Wildman–Crippen LogP) is -0.706. The highest BCUT2D eigenvalue weighted by Crippen LogP contribution is 1.97. The molecule has 0 saturated carbocycles. The molecule has 0 unspecified atom stereocenters. The molecule has 0 saturated heterocycles. The minimum atomic E-state index is -0.484. The third kappa shape index (κ3) is 2.05. The van der Waals surface area contributed by atoms with Crippen LogP contribution in [0.25, 0.3) is 0 Å². The fourth-order valence-corrected chi connectivity index (χ4v) is 0.837. The minimum absolute atomic E-state index is 0.0931. The lowest BCUT2D eigenvalue weighted by molar-refractivity contribution is 0.0789. The standard InChI is InChI=1S/C7H6N6O/c8-1-3-13(4-2-9)7(14)6-5-10-12-11-6/h5H,3-4H2,(H,10,11,12). The Morgan fingerprint density at radius 1 is 1.50 bits per heavy atom. The number of hydrogen-bond donors (Lipinski definition) is 1. The van der Waals surface area contributed by atoms with Crippen LogP contribution in [-0.4, -0.2) is 39.3 Å². The van der Waals surface area contributed by atoms with Crippen LogP contribution in [0.1, 0.15) is 10.5 Å². The van der Waals surface area contributed by atoms with Crippen molar-refractivity contribution in [1.29, 1.82) is 10.5 Å².